The minimum Gasteiger partial charge on any atom is -0.545 e. The standard InChI is InChI=1S/C19H22BrIO3Si/c1-19(2,3)25(4,5)24-14-8-6-12(7-9-14)17-15(20)10-13(18(22)23)11-16(17)21/h6-11H,1-5H3,(H,22,23)/p-1. The van der Waals surface area contributed by atoms with Crippen LogP contribution in [0.15, 0.2) is 40.9 Å². The van der Waals surface area contributed by atoms with E-state index in [0.29, 0.717) is 0 Å². The summed E-state index contributed by atoms with van der Waals surface area (Å²) in [7, 11) is -1.87. The molecule has 0 unspecified atom stereocenters. The largest absolute Gasteiger partial charge is 0.545 e. The Labute approximate surface area is 172 Å². The number of hydrogen-bond acceptors (Lipinski definition) is 3. The molecule has 2 rings (SSSR count). The Morgan fingerprint density at radius 2 is 1.72 bits per heavy atom. The molecule has 0 fully saturated rings. The molecule has 0 N–H and O–H groups in total. The van der Waals surface area contributed by atoms with E-state index in [0.717, 1.165) is 24.9 Å². The second-order valence-corrected chi connectivity index (χ2v) is 14.2. The summed E-state index contributed by atoms with van der Waals surface area (Å²) in [5.41, 5.74) is 2.13. The van der Waals surface area contributed by atoms with Gasteiger partial charge in [-0.05, 0) is 76.1 Å². The Hall–Kier alpha value is -0.863. The Balaban J connectivity index is 2.34. The van der Waals surface area contributed by atoms with Crippen molar-refractivity contribution in [3.63, 3.8) is 0 Å². The zero-order valence-electron chi connectivity index (χ0n) is 14.9. The highest BCUT2D eigenvalue weighted by Crippen LogP contribution is 2.39. The van der Waals surface area contributed by atoms with Crippen molar-refractivity contribution in [1.29, 1.82) is 0 Å². The lowest BCUT2D eigenvalue weighted by molar-refractivity contribution is -0.255. The first-order valence-corrected chi connectivity index (χ1v) is 12.7. The molecule has 2 aromatic carbocycles. The smallest absolute Gasteiger partial charge is 0.250 e. The molecule has 134 valence electrons. The van der Waals surface area contributed by atoms with E-state index in [1.54, 1.807) is 12.1 Å². The third-order valence-corrected chi connectivity index (χ3v) is 10.4. The molecule has 0 bridgehead atoms. The summed E-state index contributed by atoms with van der Waals surface area (Å²) in [6.07, 6.45) is 0. The van der Waals surface area contributed by atoms with Crippen LogP contribution in [0.5, 0.6) is 5.75 Å². The molecule has 0 saturated carbocycles. The lowest BCUT2D eigenvalue weighted by atomic mass is 10.0. The van der Waals surface area contributed by atoms with Gasteiger partial charge in [0.25, 0.3) is 0 Å². The molecule has 0 aromatic heterocycles. The molecule has 6 heteroatoms. The van der Waals surface area contributed by atoms with E-state index in [1.165, 1.54) is 0 Å². The Morgan fingerprint density at radius 3 is 2.16 bits per heavy atom. The Kier molecular flexibility index (Phi) is 6.05. The Bertz CT molecular complexity index is 772. The average molecular weight is 532 g/mol. The summed E-state index contributed by atoms with van der Waals surface area (Å²) in [5.74, 6) is -0.309. The zero-order chi connectivity index (χ0) is 19.0. The van der Waals surface area contributed by atoms with Gasteiger partial charge in [0, 0.05) is 13.6 Å². The summed E-state index contributed by atoms with van der Waals surface area (Å²) >= 11 is 5.62. The van der Waals surface area contributed by atoms with Crippen molar-refractivity contribution < 1.29 is 14.3 Å². The molecule has 0 aliphatic heterocycles. The Morgan fingerprint density at radius 1 is 1.16 bits per heavy atom. The summed E-state index contributed by atoms with van der Waals surface area (Å²) in [5, 5.41) is 11.2. The van der Waals surface area contributed by atoms with Crippen molar-refractivity contribution in [2.75, 3.05) is 0 Å². The van der Waals surface area contributed by atoms with E-state index in [2.05, 4.69) is 72.4 Å². The predicted octanol–water partition coefficient (Wildman–Crippen LogP) is 5.47. The molecule has 25 heavy (non-hydrogen) atoms. The minimum absolute atomic E-state index is 0.144. The number of carbonyl (C=O) groups is 1. The van der Waals surface area contributed by atoms with Gasteiger partial charge in [0.15, 0.2) is 0 Å². The van der Waals surface area contributed by atoms with Gasteiger partial charge in [0.1, 0.15) is 5.75 Å². The maximum atomic E-state index is 11.1. The van der Waals surface area contributed by atoms with Crippen LogP contribution in [-0.4, -0.2) is 14.3 Å². The van der Waals surface area contributed by atoms with Crippen LogP contribution in [-0.2, 0) is 0 Å². The number of rotatable bonds is 4. The number of carboxylic acids is 1. The number of benzene rings is 2. The maximum Gasteiger partial charge on any atom is 0.250 e. The molecule has 3 nitrogen and oxygen atoms in total. The van der Waals surface area contributed by atoms with Crippen LogP contribution in [0.3, 0.4) is 0 Å². The van der Waals surface area contributed by atoms with Crippen molar-refractivity contribution in [3.05, 3.63) is 50.0 Å². The van der Waals surface area contributed by atoms with Gasteiger partial charge in [-0.1, -0.05) is 48.8 Å². The zero-order valence-corrected chi connectivity index (χ0v) is 19.7. The molecule has 0 aliphatic carbocycles. The van der Waals surface area contributed by atoms with Crippen LogP contribution in [0, 0.1) is 3.57 Å². The summed E-state index contributed by atoms with van der Waals surface area (Å²) < 4.78 is 7.89. The van der Waals surface area contributed by atoms with Crippen LogP contribution in [0.1, 0.15) is 31.1 Å². The normalized spacial score (nSPS) is 12.1. The van der Waals surface area contributed by atoms with Gasteiger partial charge in [-0.15, -0.1) is 0 Å². The molecular formula is C19H21BrIO3Si-. The fourth-order valence-electron chi connectivity index (χ4n) is 2.10. The fourth-order valence-corrected chi connectivity index (χ4v) is 5.13. The van der Waals surface area contributed by atoms with Crippen molar-refractivity contribution in [3.8, 4) is 16.9 Å². The number of hydrogen-bond donors (Lipinski definition) is 0. The lowest BCUT2D eigenvalue weighted by Gasteiger charge is -2.36. The van der Waals surface area contributed by atoms with E-state index in [4.69, 9.17) is 4.43 Å². The highest BCUT2D eigenvalue weighted by molar-refractivity contribution is 14.1. The first kappa shape index (κ1) is 20.4. The van der Waals surface area contributed by atoms with Crippen LogP contribution in [0.25, 0.3) is 11.1 Å². The molecule has 2 aromatic rings. The van der Waals surface area contributed by atoms with Gasteiger partial charge in [0.05, 0.1) is 5.97 Å². The average Bonchev–Trinajstić information content (AvgIpc) is 2.46. The highest BCUT2D eigenvalue weighted by Gasteiger charge is 2.38. The van der Waals surface area contributed by atoms with Crippen molar-refractivity contribution in [2.24, 2.45) is 0 Å². The molecular weight excluding hydrogens is 511 g/mol. The van der Waals surface area contributed by atoms with E-state index in [9.17, 15) is 9.90 Å². The first-order chi connectivity index (χ1) is 11.4. The van der Waals surface area contributed by atoms with Gasteiger partial charge in [-0.3, -0.25) is 0 Å². The summed E-state index contributed by atoms with van der Waals surface area (Å²) in [4.78, 5) is 11.1. The number of carbonyl (C=O) groups excluding carboxylic acids is 1. The monoisotopic (exact) mass is 531 g/mol. The van der Waals surface area contributed by atoms with Crippen LogP contribution in [0.4, 0.5) is 0 Å². The van der Waals surface area contributed by atoms with Gasteiger partial charge in [0.2, 0.25) is 8.32 Å². The number of halogens is 2. The molecule has 0 amide bonds. The van der Waals surface area contributed by atoms with Crippen LogP contribution >= 0.6 is 38.5 Å². The van der Waals surface area contributed by atoms with Crippen LogP contribution < -0.4 is 9.53 Å². The van der Waals surface area contributed by atoms with Gasteiger partial charge in [-0.2, -0.15) is 0 Å². The molecule has 0 atom stereocenters. The first-order valence-electron chi connectivity index (χ1n) is 7.92. The van der Waals surface area contributed by atoms with Gasteiger partial charge in [-0.25, -0.2) is 0 Å². The van der Waals surface area contributed by atoms with E-state index < -0.39 is 14.3 Å². The second kappa shape index (κ2) is 7.40. The van der Waals surface area contributed by atoms with E-state index >= 15 is 0 Å². The van der Waals surface area contributed by atoms with Gasteiger partial charge >= 0.3 is 0 Å². The van der Waals surface area contributed by atoms with E-state index in [1.807, 2.05) is 24.3 Å². The van der Waals surface area contributed by atoms with Crippen LogP contribution in [0.2, 0.25) is 18.1 Å². The fraction of sp³-hybridized carbons (Fsp3) is 0.316. The molecule has 0 saturated heterocycles. The number of carboxylic acid groups (broad SMARTS) is 1. The van der Waals surface area contributed by atoms with Crippen molar-refractivity contribution >= 4 is 52.8 Å². The molecule has 0 aliphatic rings. The quantitative estimate of drug-likeness (QED) is 0.388. The number of aromatic carboxylic acids is 1. The predicted molar refractivity (Wildman–Crippen MR) is 114 cm³/mol. The van der Waals surface area contributed by atoms with Crippen molar-refractivity contribution in [1.82, 2.24) is 0 Å². The molecule has 0 radical (unpaired) electrons. The summed E-state index contributed by atoms with van der Waals surface area (Å²) in [6, 6.07) is 11.2. The SMILES string of the molecule is CC(C)(C)[Si](C)(C)Oc1ccc(-c2c(Br)cc(C(=O)[O-])cc2I)cc1. The van der Waals surface area contributed by atoms with Gasteiger partial charge < -0.3 is 14.3 Å². The summed E-state index contributed by atoms with van der Waals surface area (Å²) in [6.45, 7) is 11.1. The van der Waals surface area contributed by atoms with Crippen molar-refractivity contribution in [2.45, 2.75) is 38.9 Å². The topological polar surface area (TPSA) is 49.4 Å². The van der Waals surface area contributed by atoms with E-state index in [-0.39, 0.29) is 10.6 Å². The third-order valence-electron chi connectivity index (χ3n) is 4.60. The third kappa shape index (κ3) is 4.65. The molecule has 0 heterocycles. The second-order valence-electron chi connectivity index (χ2n) is 7.49. The minimum atomic E-state index is -1.87. The molecule has 0 spiro atoms. The maximum absolute atomic E-state index is 11.1. The lowest BCUT2D eigenvalue weighted by Crippen LogP contribution is -2.43. The highest BCUT2D eigenvalue weighted by atomic mass is 127.